The fourth-order valence-electron chi connectivity index (χ4n) is 2.50. The zero-order chi connectivity index (χ0) is 19.4. The Hall–Kier alpha value is -2.51. The second kappa shape index (κ2) is 8.02. The first-order chi connectivity index (χ1) is 12.9. The molecule has 1 aliphatic carbocycles. The van der Waals surface area contributed by atoms with Crippen LogP contribution in [0.2, 0.25) is 0 Å². The van der Waals surface area contributed by atoms with Gasteiger partial charge < -0.3 is 4.74 Å². The summed E-state index contributed by atoms with van der Waals surface area (Å²) in [5.74, 6) is -1.05. The maximum atomic E-state index is 12.2. The third-order valence-corrected chi connectivity index (χ3v) is 5.82. The molecule has 0 heterocycles. The van der Waals surface area contributed by atoms with Gasteiger partial charge in [0.1, 0.15) is 0 Å². The number of hydrogen-bond acceptors (Lipinski definition) is 5. The molecule has 2 aromatic rings. The molecule has 7 heteroatoms. The molecular formula is C20H21NO5S. The van der Waals surface area contributed by atoms with Gasteiger partial charge in [-0.1, -0.05) is 37.3 Å². The van der Waals surface area contributed by atoms with Crippen molar-refractivity contribution in [3.63, 3.8) is 0 Å². The predicted molar refractivity (Wildman–Crippen MR) is 100 cm³/mol. The Kier molecular flexibility index (Phi) is 5.72. The molecule has 142 valence electrons. The Morgan fingerprint density at radius 1 is 1.07 bits per heavy atom. The lowest BCUT2D eigenvalue weighted by molar-refractivity contribution is 0.0474. The van der Waals surface area contributed by atoms with E-state index in [1.807, 2.05) is 19.1 Å². The first-order valence-electron chi connectivity index (χ1n) is 8.80. The van der Waals surface area contributed by atoms with Crippen LogP contribution in [0.3, 0.4) is 0 Å². The van der Waals surface area contributed by atoms with Crippen LogP contribution in [0.25, 0.3) is 0 Å². The molecule has 0 atom stereocenters. The summed E-state index contributed by atoms with van der Waals surface area (Å²) in [4.78, 5) is 24.4. The molecular weight excluding hydrogens is 366 g/mol. The fourth-order valence-corrected chi connectivity index (χ4v) is 3.85. The number of carbonyl (C=O) groups is 2. The van der Waals surface area contributed by atoms with Gasteiger partial charge >= 0.3 is 5.97 Å². The van der Waals surface area contributed by atoms with E-state index in [2.05, 4.69) is 4.72 Å². The minimum absolute atomic E-state index is 0.00494. The molecule has 0 radical (unpaired) electrons. The van der Waals surface area contributed by atoms with Crippen LogP contribution >= 0.6 is 0 Å². The van der Waals surface area contributed by atoms with Gasteiger partial charge in [0, 0.05) is 11.6 Å². The van der Waals surface area contributed by atoms with E-state index < -0.39 is 22.6 Å². The number of aryl methyl sites for hydroxylation is 1. The zero-order valence-electron chi connectivity index (χ0n) is 15.0. The summed E-state index contributed by atoms with van der Waals surface area (Å²) in [5.41, 5.74) is 1.66. The molecule has 1 fully saturated rings. The number of carbonyl (C=O) groups excluding carboxylic acids is 2. The number of Topliss-reactive ketones (excluding diaryl/α,β-unsaturated/α-hetero) is 1. The van der Waals surface area contributed by atoms with E-state index in [9.17, 15) is 18.0 Å². The molecule has 0 aromatic heterocycles. The molecule has 1 saturated carbocycles. The second-order valence-corrected chi connectivity index (χ2v) is 8.19. The van der Waals surface area contributed by atoms with Crippen molar-refractivity contribution in [2.45, 2.75) is 37.1 Å². The van der Waals surface area contributed by atoms with E-state index in [4.69, 9.17) is 4.74 Å². The lowest BCUT2D eigenvalue weighted by atomic mass is 10.1. The van der Waals surface area contributed by atoms with Gasteiger partial charge in [-0.2, -0.15) is 0 Å². The molecule has 3 rings (SSSR count). The van der Waals surface area contributed by atoms with E-state index in [-0.39, 0.29) is 22.3 Å². The fraction of sp³-hybridized carbons (Fsp3) is 0.300. The molecule has 1 aliphatic rings. The van der Waals surface area contributed by atoms with E-state index in [1.165, 1.54) is 24.3 Å². The Morgan fingerprint density at radius 3 is 2.41 bits per heavy atom. The van der Waals surface area contributed by atoms with E-state index in [0.29, 0.717) is 5.56 Å². The average Bonchev–Trinajstić information content (AvgIpc) is 3.49. The van der Waals surface area contributed by atoms with Crippen LogP contribution < -0.4 is 4.72 Å². The van der Waals surface area contributed by atoms with Gasteiger partial charge in [0.15, 0.2) is 12.4 Å². The number of rotatable bonds is 8. The number of esters is 1. The molecule has 2 aromatic carbocycles. The van der Waals surface area contributed by atoms with Gasteiger partial charge in [-0.3, -0.25) is 4.79 Å². The minimum Gasteiger partial charge on any atom is -0.454 e. The lowest BCUT2D eigenvalue weighted by Crippen LogP contribution is -2.26. The van der Waals surface area contributed by atoms with E-state index >= 15 is 0 Å². The Bertz CT molecular complexity index is 947. The standard InChI is InChI=1S/C20H21NO5S/c1-2-14-6-8-15(9-7-14)19(22)13-26-20(23)16-4-3-5-18(12-16)27(24,25)21-17-10-11-17/h3-9,12,17,21H,2,10-11,13H2,1H3. The Balaban J connectivity index is 1.63. The lowest BCUT2D eigenvalue weighted by Gasteiger charge is -2.08. The van der Waals surface area contributed by atoms with Gasteiger partial charge in [-0.25, -0.2) is 17.9 Å². The van der Waals surface area contributed by atoms with Crippen molar-refractivity contribution in [3.8, 4) is 0 Å². The summed E-state index contributed by atoms with van der Waals surface area (Å²) < 4.78 is 32.1. The molecule has 0 bridgehead atoms. The van der Waals surface area contributed by atoms with Crippen LogP contribution in [0.5, 0.6) is 0 Å². The summed E-state index contributed by atoms with van der Waals surface area (Å²) in [6.07, 6.45) is 2.52. The van der Waals surface area contributed by atoms with Crippen molar-refractivity contribution in [2.75, 3.05) is 6.61 Å². The summed E-state index contributed by atoms with van der Waals surface area (Å²) in [6, 6.07) is 12.7. The zero-order valence-corrected chi connectivity index (χ0v) is 15.8. The van der Waals surface area contributed by atoms with Crippen LogP contribution in [0.4, 0.5) is 0 Å². The molecule has 0 aliphatic heterocycles. The smallest absolute Gasteiger partial charge is 0.338 e. The third kappa shape index (κ3) is 5.02. The first kappa shape index (κ1) is 19.3. The van der Waals surface area contributed by atoms with Crippen molar-refractivity contribution < 1.29 is 22.7 Å². The predicted octanol–water partition coefficient (Wildman–Crippen LogP) is 2.73. The quantitative estimate of drug-likeness (QED) is 0.556. The Morgan fingerprint density at radius 2 is 1.78 bits per heavy atom. The van der Waals surface area contributed by atoms with Crippen molar-refractivity contribution in [2.24, 2.45) is 0 Å². The average molecular weight is 387 g/mol. The highest BCUT2D eigenvalue weighted by atomic mass is 32.2. The van der Waals surface area contributed by atoms with E-state index in [0.717, 1.165) is 24.8 Å². The highest BCUT2D eigenvalue weighted by molar-refractivity contribution is 7.89. The van der Waals surface area contributed by atoms with Crippen molar-refractivity contribution in [1.82, 2.24) is 4.72 Å². The molecule has 0 unspecified atom stereocenters. The van der Waals surface area contributed by atoms with Gasteiger partial charge in [0.25, 0.3) is 0 Å². The Labute approximate surface area is 158 Å². The monoisotopic (exact) mass is 387 g/mol. The summed E-state index contributed by atoms with van der Waals surface area (Å²) >= 11 is 0. The van der Waals surface area contributed by atoms with Crippen LogP contribution in [0.15, 0.2) is 53.4 Å². The summed E-state index contributed by atoms with van der Waals surface area (Å²) in [7, 11) is -3.66. The SMILES string of the molecule is CCc1ccc(C(=O)COC(=O)c2cccc(S(=O)(=O)NC3CC3)c2)cc1. The number of sulfonamides is 1. The first-order valence-corrected chi connectivity index (χ1v) is 10.3. The number of benzene rings is 2. The van der Waals surface area contributed by atoms with Crippen LogP contribution in [0, 0.1) is 0 Å². The summed E-state index contributed by atoms with van der Waals surface area (Å²) in [6.45, 7) is 1.62. The van der Waals surface area contributed by atoms with Crippen LogP contribution in [-0.2, 0) is 21.2 Å². The second-order valence-electron chi connectivity index (χ2n) is 6.47. The molecule has 1 N–H and O–H groups in total. The topological polar surface area (TPSA) is 89.5 Å². The van der Waals surface area contributed by atoms with Crippen molar-refractivity contribution in [1.29, 1.82) is 0 Å². The number of ketones is 1. The van der Waals surface area contributed by atoms with Gasteiger partial charge in [-0.15, -0.1) is 0 Å². The third-order valence-electron chi connectivity index (χ3n) is 4.30. The maximum absolute atomic E-state index is 12.2. The van der Waals surface area contributed by atoms with Crippen LogP contribution in [0.1, 0.15) is 46.0 Å². The molecule has 6 nitrogen and oxygen atoms in total. The van der Waals surface area contributed by atoms with E-state index in [1.54, 1.807) is 12.1 Å². The summed E-state index contributed by atoms with van der Waals surface area (Å²) in [5, 5.41) is 0. The number of ether oxygens (including phenoxy) is 1. The molecule has 27 heavy (non-hydrogen) atoms. The maximum Gasteiger partial charge on any atom is 0.338 e. The van der Waals surface area contributed by atoms with Gasteiger partial charge in [0.2, 0.25) is 10.0 Å². The van der Waals surface area contributed by atoms with Crippen molar-refractivity contribution >= 4 is 21.8 Å². The molecule has 0 spiro atoms. The molecule has 0 amide bonds. The highest BCUT2D eigenvalue weighted by Gasteiger charge is 2.28. The largest absolute Gasteiger partial charge is 0.454 e. The number of nitrogens with one attached hydrogen (secondary N) is 1. The van der Waals surface area contributed by atoms with Gasteiger partial charge in [-0.05, 0) is 43.0 Å². The normalized spacial score (nSPS) is 14.0. The molecule has 0 saturated heterocycles. The number of hydrogen-bond donors (Lipinski definition) is 1. The van der Waals surface area contributed by atoms with Gasteiger partial charge in [0.05, 0.1) is 10.5 Å². The van der Waals surface area contributed by atoms with Crippen molar-refractivity contribution in [3.05, 3.63) is 65.2 Å². The van der Waals surface area contributed by atoms with Crippen LogP contribution in [-0.4, -0.2) is 32.8 Å². The minimum atomic E-state index is -3.66. The highest BCUT2D eigenvalue weighted by Crippen LogP contribution is 2.22.